The van der Waals surface area contributed by atoms with Crippen LogP contribution in [0.1, 0.15) is 12.8 Å². The van der Waals surface area contributed by atoms with E-state index < -0.39 is 19.4 Å². The number of amides is 1. The zero-order valence-corrected chi connectivity index (χ0v) is 9.04. The number of hydrogen-bond acceptors (Lipinski definition) is 4. The standard InChI is InChI=1S/C7H14NO5P/c1-14(2,12)8-7(11)13-5-3-4-6(9)10/h3-5H2,1-2H3,(H,9,10)(H,8,11,12). The van der Waals surface area contributed by atoms with E-state index in [1.807, 2.05) is 0 Å². The molecule has 1 amide bonds. The summed E-state index contributed by atoms with van der Waals surface area (Å²) >= 11 is 0. The lowest BCUT2D eigenvalue weighted by Crippen LogP contribution is -2.21. The molecule has 0 atom stereocenters. The van der Waals surface area contributed by atoms with Crippen molar-refractivity contribution in [2.45, 2.75) is 12.8 Å². The van der Waals surface area contributed by atoms with Crippen LogP contribution in [0.5, 0.6) is 0 Å². The third kappa shape index (κ3) is 9.06. The largest absolute Gasteiger partial charge is 0.481 e. The molecule has 0 radical (unpaired) electrons. The highest BCUT2D eigenvalue weighted by molar-refractivity contribution is 7.60. The number of hydrogen-bond donors (Lipinski definition) is 2. The SMILES string of the molecule is CP(C)(=O)NC(=O)OCCCC(=O)O. The van der Waals surface area contributed by atoms with E-state index in [4.69, 9.17) is 5.11 Å². The molecule has 82 valence electrons. The Hall–Kier alpha value is -1.03. The summed E-state index contributed by atoms with van der Waals surface area (Å²) < 4.78 is 15.6. The number of ether oxygens (including phenoxy) is 1. The Morgan fingerprint density at radius 1 is 1.43 bits per heavy atom. The molecule has 0 aromatic rings. The van der Waals surface area contributed by atoms with Crippen LogP contribution in [0.2, 0.25) is 0 Å². The molecule has 0 unspecified atom stereocenters. The highest BCUT2D eigenvalue weighted by Gasteiger charge is 2.11. The van der Waals surface area contributed by atoms with Gasteiger partial charge in [-0.05, 0) is 6.42 Å². The van der Waals surface area contributed by atoms with Gasteiger partial charge >= 0.3 is 12.1 Å². The molecule has 0 aromatic carbocycles. The smallest absolute Gasteiger partial charge is 0.412 e. The molecular weight excluding hydrogens is 209 g/mol. The number of carboxylic acids is 1. The average molecular weight is 223 g/mol. The van der Waals surface area contributed by atoms with Gasteiger partial charge in [0.25, 0.3) is 0 Å². The maximum Gasteiger partial charge on any atom is 0.412 e. The van der Waals surface area contributed by atoms with Gasteiger partial charge < -0.3 is 14.4 Å². The molecular formula is C7H14NO5P. The lowest BCUT2D eigenvalue weighted by Gasteiger charge is -2.09. The van der Waals surface area contributed by atoms with Crippen molar-refractivity contribution in [1.29, 1.82) is 0 Å². The molecule has 0 aliphatic rings. The predicted molar refractivity (Wildman–Crippen MR) is 50.8 cm³/mol. The summed E-state index contributed by atoms with van der Waals surface area (Å²) in [4.78, 5) is 20.9. The first-order valence-corrected chi connectivity index (χ1v) is 6.63. The van der Waals surface area contributed by atoms with E-state index >= 15 is 0 Å². The first kappa shape index (κ1) is 13.0. The molecule has 7 heteroatoms. The fourth-order valence-corrected chi connectivity index (χ4v) is 1.14. The predicted octanol–water partition coefficient (Wildman–Crippen LogP) is 1.12. The Kier molecular flexibility index (Phi) is 5.23. The minimum absolute atomic E-state index is 0.0120. The first-order chi connectivity index (χ1) is 6.31. The summed E-state index contributed by atoms with van der Waals surface area (Å²) in [6.07, 6.45) is -0.576. The quantitative estimate of drug-likeness (QED) is 0.538. The minimum Gasteiger partial charge on any atom is -0.481 e. The van der Waals surface area contributed by atoms with E-state index in [-0.39, 0.29) is 19.4 Å². The Labute approximate surface area is 82.1 Å². The molecule has 14 heavy (non-hydrogen) atoms. The van der Waals surface area contributed by atoms with Crippen LogP contribution < -0.4 is 5.09 Å². The molecule has 0 saturated heterocycles. The van der Waals surface area contributed by atoms with Gasteiger partial charge in [0, 0.05) is 19.8 Å². The van der Waals surface area contributed by atoms with Crippen molar-refractivity contribution in [3.05, 3.63) is 0 Å². The van der Waals surface area contributed by atoms with Gasteiger partial charge in [0.2, 0.25) is 0 Å². The fraction of sp³-hybridized carbons (Fsp3) is 0.714. The number of carbonyl (C=O) groups excluding carboxylic acids is 1. The summed E-state index contributed by atoms with van der Waals surface area (Å²) in [5.74, 6) is -0.939. The Balaban J connectivity index is 3.56. The van der Waals surface area contributed by atoms with Crippen LogP contribution in [0, 0.1) is 0 Å². The van der Waals surface area contributed by atoms with Gasteiger partial charge in [-0.3, -0.25) is 9.88 Å². The van der Waals surface area contributed by atoms with Gasteiger partial charge in [-0.2, -0.15) is 0 Å². The summed E-state index contributed by atoms with van der Waals surface area (Å²) in [6, 6.07) is 0. The van der Waals surface area contributed by atoms with Crippen LogP contribution in [-0.4, -0.2) is 37.1 Å². The molecule has 0 spiro atoms. The molecule has 0 aliphatic carbocycles. The molecule has 0 saturated carbocycles. The normalized spacial score (nSPS) is 10.7. The molecule has 0 aromatic heterocycles. The second kappa shape index (κ2) is 5.65. The van der Waals surface area contributed by atoms with Crippen molar-refractivity contribution in [2.24, 2.45) is 0 Å². The zero-order valence-electron chi connectivity index (χ0n) is 8.15. The number of rotatable bonds is 5. The highest BCUT2D eigenvalue weighted by Crippen LogP contribution is 2.29. The van der Waals surface area contributed by atoms with E-state index in [1.165, 1.54) is 13.3 Å². The third-order valence-corrected chi connectivity index (χ3v) is 1.85. The van der Waals surface area contributed by atoms with Crippen molar-refractivity contribution in [1.82, 2.24) is 5.09 Å². The second-order valence-electron chi connectivity index (χ2n) is 3.10. The van der Waals surface area contributed by atoms with Gasteiger partial charge in [0.1, 0.15) is 0 Å². The van der Waals surface area contributed by atoms with E-state index in [2.05, 4.69) is 9.82 Å². The van der Waals surface area contributed by atoms with E-state index in [1.54, 1.807) is 0 Å². The molecule has 0 rings (SSSR count). The summed E-state index contributed by atoms with van der Waals surface area (Å²) in [5, 5.41) is 10.4. The van der Waals surface area contributed by atoms with Crippen LogP contribution in [0.25, 0.3) is 0 Å². The summed E-state index contributed by atoms with van der Waals surface area (Å²) in [5.41, 5.74) is 0. The Morgan fingerprint density at radius 2 is 2.00 bits per heavy atom. The van der Waals surface area contributed by atoms with Crippen LogP contribution in [0.15, 0.2) is 0 Å². The maximum absolute atomic E-state index is 11.1. The molecule has 6 nitrogen and oxygen atoms in total. The average Bonchev–Trinajstić information content (AvgIpc) is 1.94. The van der Waals surface area contributed by atoms with Crippen molar-refractivity contribution >= 4 is 19.4 Å². The molecule has 0 aliphatic heterocycles. The molecule has 0 fully saturated rings. The molecule has 2 N–H and O–H groups in total. The van der Waals surface area contributed by atoms with Crippen LogP contribution in [0.3, 0.4) is 0 Å². The second-order valence-corrected chi connectivity index (χ2v) is 6.02. The van der Waals surface area contributed by atoms with Gasteiger partial charge in [0.05, 0.1) is 6.61 Å². The van der Waals surface area contributed by atoms with Crippen LogP contribution in [-0.2, 0) is 14.1 Å². The number of carboxylic acid groups (broad SMARTS) is 1. The first-order valence-electron chi connectivity index (χ1n) is 4.03. The van der Waals surface area contributed by atoms with Crippen molar-refractivity contribution < 1.29 is 24.0 Å². The topological polar surface area (TPSA) is 92.7 Å². The van der Waals surface area contributed by atoms with Gasteiger partial charge in [-0.1, -0.05) is 0 Å². The number of nitrogens with one attached hydrogen (secondary N) is 1. The van der Waals surface area contributed by atoms with Crippen LogP contribution in [0.4, 0.5) is 4.79 Å². The molecule has 0 bridgehead atoms. The van der Waals surface area contributed by atoms with E-state index in [0.29, 0.717) is 0 Å². The Morgan fingerprint density at radius 3 is 2.43 bits per heavy atom. The Bertz CT molecular complexity index is 259. The highest BCUT2D eigenvalue weighted by atomic mass is 31.2. The van der Waals surface area contributed by atoms with Crippen molar-refractivity contribution in [2.75, 3.05) is 19.9 Å². The minimum atomic E-state index is -2.63. The van der Waals surface area contributed by atoms with Crippen LogP contribution >= 0.6 is 7.29 Å². The van der Waals surface area contributed by atoms with Gasteiger partial charge in [0.15, 0.2) is 7.29 Å². The van der Waals surface area contributed by atoms with Crippen molar-refractivity contribution in [3.63, 3.8) is 0 Å². The van der Waals surface area contributed by atoms with E-state index in [0.717, 1.165) is 0 Å². The van der Waals surface area contributed by atoms with Crippen molar-refractivity contribution in [3.8, 4) is 0 Å². The van der Waals surface area contributed by atoms with E-state index in [9.17, 15) is 14.2 Å². The lowest BCUT2D eigenvalue weighted by atomic mass is 10.3. The summed E-state index contributed by atoms with van der Waals surface area (Å²) in [7, 11) is -2.63. The number of aliphatic carboxylic acids is 1. The fourth-order valence-electron chi connectivity index (χ4n) is 0.640. The van der Waals surface area contributed by atoms with Gasteiger partial charge in [-0.25, -0.2) is 4.79 Å². The monoisotopic (exact) mass is 223 g/mol. The maximum atomic E-state index is 11.1. The number of carbonyl (C=O) groups is 2. The summed E-state index contributed by atoms with van der Waals surface area (Å²) in [6.45, 7) is 2.80. The lowest BCUT2D eigenvalue weighted by molar-refractivity contribution is -0.137. The third-order valence-electron chi connectivity index (χ3n) is 1.13. The zero-order chi connectivity index (χ0) is 11.2. The molecule has 0 heterocycles. The van der Waals surface area contributed by atoms with Gasteiger partial charge in [-0.15, -0.1) is 0 Å².